The zero-order chi connectivity index (χ0) is 19.3. The van der Waals surface area contributed by atoms with Crippen LogP contribution in [0.4, 0.5) is 5.69 Å². The molecule has 1 saturated heterocycles. The van der Waals surface area contributed by atoms with Gasteiger partial charge in [-0.05, 0) is 31.2 Å². The normalized spacial score (nSPS) is 14.9. The zero-order valence-electron chi connectivity index (χ0n) is 16.3. The van der Waals surface area contributed by atoms with Crippen molar-refractivity contribution < 1.29 is 0 Å². The second-order valence-electron chi connectivity index (χ2n) is 6.82. The van der Waals surface area contributed by atoms with Gasteiger partial charge in [-0.3, -0.25) is 4.90 Å². The lowest BCUT2D eigenvalue weighted by Crippen LogP contribution is -2.46. The van der Waals surface area contributed by atoms with E-state index >= 15 is 0 Å². The van der Waals surface area contributed by atoms with Crippen molar-refractivity contribution in [2.24, 2.45) is 0 Å². The van der Waals surface area contributed by atoms with Gasteiger partial charge in [0.2, 0.25) is 0 Å². The molecule has 1 aliphatic heterocycles. The third-order valence-corrected chi connectivity index (χ3v) is 5.49. The van der Waals surface area contributed by atoms with Crippen molar-refractivity contribution in [3.05, 3.63) is 70.7 Å². The highest BCUT2D eigenvalue weighted by atomic mass is 79.9. The molecule has 0 amide bonds. The van der Waals surface area contributed by atoms with Crippen LogP contribution < -0.4 is 4.90 Å². The van der Waals surface area contributed by atoms with Crippen LogP contribution in [-0.4, -0.2) is 57.4 Å². The topological polar surface area (TPSA) is 50.1 Å². The number of aromatic nitrogens is 4. The molecular formula is C21H24BrClN6. The van der Waals surface area contributed by atoms with Gasteiger partial charge in [0.15, 0.2) is 0 Å². The van der Waals surface area contributed by atoms with Crippen molar-refractivity contribution >= 4 is 40.1 Å². The summed E-state index contributed by atoms with van der Waals surface area (Å²) in [5, 5.41) is 4.42. The Morgan fingerprint density at radius 3 is 2.55 bits per heavy atom. The fraction of sp³-hybridized carbons (Fsp3) is 0.286. The summed E-state index contributed by atoms with van der Waals surface area (Å²) in [7, 11) is 0. The van der Waals surface area contributed by atoms with Gasteiger partial charge in [0, 0.05) is 60.8 Å². The molecule has 0 aliphatic carbocycles. The molecule has 2 aromatic heterocycles. The molecule has 1 fully saturated rings. The van der Waals surface area contributed by atoms with E-state index < -0.39 is 0 Å². The number of rotatable bonds is 5. The van der Waals surface area contributed by atoms with Crippen LogP contribution in [0.25, 0.3) is 12.0 Å². The summed E-state index contributed by atoms with van der Waals surface area (Å²) in [4.78, 5) is 13.4. The first-order chi connectivity index (χ1) is 13.7. The van der Waals surface area contributed by atoms with E-state index in [9.17, 15) is 0 Å². The second-order valence-corrected chi connectivity index (χ2v) is 7.73. The van der Waals surface area contributed by atoms with E-state index in [-0.39, 0.29) is 12.4 Å². The van der Waals surface area contributed by atoms with Gasteiger partial charge in [0.05, 0.1) is 11.9 Å². The lowest BCUT2D eigenvalue weighted by molar-refractivity contribution is 0.284. The van der Waals surface area contributed by atoms with E-state index in [1.54, 1.807) is 23.1 Å². The van der Waals surface area contributed by atoms with E-state index in [1.165, 1.54) is 5.69 Å². The van der Waals surface area contributed by atoms with Crippen molar-refractivity contribution in [1.29, 1.82) is 0 Å². The molecule has 0 unspecified atom stereocenters. The SMILES string of the molecule is Cc1c(/C=C/CN2CCN(c3cccc(Br)c3)CC2)cnn1-c1ncccn1.Cl. The number of hydrogen-bond donors (Lipinski definition) is 0. The van der Waals surface area contributed by atoms with E-state index in [1.807, 2.05) is 13.1 Å². The minimum Gasteiger partial charge on any atom is -0.369 e. The molecule has 0 radical (unpaired) electrons. The van der Waals surface area contributed by atoms with Crippen LogP contribution in [0.15, 0.2) is 59.5 Å². The minimum atomic E-state index is 0. The fourth-order valence-electron chi connectivity index (χ4n) is 3.38. The first-order valence-electron chi connectivity index (χ1n) is 9.42. The molecule has 4 rings (SSSR count). The first kappa shape index (κ1) is 21.5. The van der Waals surface area contributed by atoms with Gasteiger partial charge in [-0.25, -0.2) is 14.6 Å². The minimum absolute atomic E-state index is 0. The Morgan fingerprint density at radius 2 is 1.83 bits per heavy atom. The van der Waals surface area contributed by atoms with Gasteiger partial charge in [0.1, 0.15) is 0 Å². The van der Waals surface area contributed by atoms with Gasteiger partial charge in [-0.1, -0.05) is 34.1 Å². The van der Waals surface area contributed by atoms with Crippen molar-refractivity contribution in [3.63, 3.8) is 0 Å². The van der Waals surface area contributed by atoms with Gasteiger partial charge in [-0.2, -0.15) is 5.10 Å². The Labute approximate surface area is 185 Å². The molecule has 152 valence electrons. The van der Waals surface area contributed by atoms with Crippen LogP contribution in [0.2, 0.25) is 0 Å². The van der Waals surface area contributed by atoms with Crippen molar-refractivity contribution in [2.45, 2.75) is 6.92 Å². The molecule has 0 saturated carbocycles. The van der Waals surface area contributed by atoms with Crippen molar-refractivity contribution in [3.8, 4) is 5.95 Å². The summed E-state index contributed by atoms with van der Waals surface area (Å²) in [6.45, 7) is 7.21. The van der Waals surface area contributed by atoms with E-state index in [4.69, 9.17) is 0 Å². The maximum atomic E-state index is 4.42. The molecular weight excluding hydrogens is 452 g/mol. The number of hydrogen-bond acceptors (Lipinski definition) is 5. The molecule has 1 aliphatic rings. The standard InChI is InChI=1S/C21H23BrN6.ClH/c1-17-18(16-25-28(17)21-23-8-4-9-24-21)5-3-10-26-11-13-27(14-12-26)20-7-2-6-19(22)15-20;/h2-9,15-16H,10-14H2,1H3;1H/b5-3+;. The molecule has 0 N–H and O–H groups in total. The molecule has 3 heterocycles. The average Bonchev–Trinajstić information content (AvgIpc) is 3.10. The molecule has 1 aromatic carbocycles. The molecule has 0 spiro atoms. The summed E-state index contributed by atoms with van der Waals surface area (Å²) < 4.78 is 2.91. The third-order valence-electron chi connectivity index (χ3n) is 5.00. The van der Waals surface area contributed by atoms with Crippen molar-refractivity contribution in [1.82, 2.24) is 24.6 Å². The lowest BCUT2D eigenvalue weighted by atomic mass is 10.2. The zero-order valence-corrected chi connectivity index (χ0v) is 18.7. The Hall–Kier alpha value is -2.22. The van der Waals surface area contributed by atoms with Gasteiger partial charge in [-0.15, -0.1) is 12.4 Å². The highest BCUT2D eigenvalue weighted by molar-refractivity contribution is 9.10. The first-order valence-corrected chi connectivity index (χ1v) is 10.2. The summed E-state index contributed by atoms with van der Waals surface area (Å²) in [5.74, 6) is 0.600. The Kier molecular flexibility index (Phi) is 7.41. The van der Waals surface area contributed by atoms with Crippen LogP contribution in [0.1, 0.15) is 11.3 Å². The highest BCUT2D eigenvalue weighted by Crippen LogP contribution is 2.21. The number of nitrogens with zero attached hydrogens (tertiary/aromatic N) is 6. The highest BCUT2D eigenvalue weighted by Gasteiger charge is 2.16. The summed E-state index contributed by atoms with van der Waals surface area (Å²) in [5.41, 5.74) is 3.43. The predicted molar refractivity (Wildman–Crippen MR) is 123 cm³/mol. The average molecular weight is 476 g/mol. The van der Waals surface area contributed by atoms with Gasteiger partial charge in [0.25, 0.3) is 5.95 Å². The van der Waals surface area contributed by atoms with Gasteiger partial charge < -0.3 is 4.90 Å². The molecule has 6 nitrogen and oxygen atoms in total. The number of benzene rings is 1. The molecule has 0 atom stereocenters. The van der Waals surface area contributed by atoms with Crippen molar-refractivity contribution in [2.75, 3.05) is 37.6 Å². The molecule has 3 aromatic rings. The van der Waals surface area contributed by atoms with Crippen LogP contribution >= 0.6 is 28.3 Å². The fourth-order valence-corrected chi connectivity index (χ4v) is 3.77. The van der Waals surface area contributed by atoms with E-state index in [2.05, 4.69) is 77.2 Å². The Bertz CT molecular complexity index is 951. The predicted octanol–water partition coefficient (Wildman–Crippen LogP) is 3.99. The second kappa shape index (κ2) is 10.0. The van der Waals surface area contributed by atoms with Crippen LogP contribution in [0.3, 0.4) is 0 Å². The monoisotopic (exact) mass is 474 g/mol. The van der Waals surface area contributed by atoms with Gasteiger partial charge >= 0.3 is 0 Å². The van der Waals surface area contributed by atoms with Crippen LogP contribution in [0.5, 0.6) is 0 Å². The molecule has 29 heavy (non-hydrogen) atoms. The summed E-state index contributed by atoms with van der Waals surface area (Å²) >= 11 is 3.56. The lowest BCUT2D eigenvalue weighted by Gasteiger charge is -2.35. The summed E-state index contributed by atoms with van der Waals surface area (Å²) in [6, 6.07) is 10.3. The quantitative estimate of drug-likeness (QED) is 0.558. The van der Waals surface area contributed by atoms with E-state index in [0.29, 0.717) is 5.95 Å². The maximum absolute atomic E-state index is 4.42. The number of halogens is 2. The smallest absolute Gasteiger partial charge is 0.250 e. The number of piperazine rings is 1. The largest absolute Gasteiger partial charge is 0.369 e. The molecule has 8 heteroatoms. The Morgan fingerprint density at radius 1 is 1.07 bits per heavy atom. The molecule has 0 bridgehead atoms. The van der Waals surface area contributed by atoms with Crippen LogP contribution in [0, 0.1) is 6.92 Å². The van der Waals surface area contributed by atoms with Crippen LogP contribution in [-0.2, 0) is 0 Å². The summed E-state index contributed by atoms with van der Waals surface area (Å²) in [6.07, 6.45) is 9.68. The Balaban J connectivity index is 0.00000240. The maximum Gasteiger partial charge on any atom is 0.250 e. The van der Waals surface area contributed by atoms with E-state index in [0.717, 1.165) is 48.5 Å². The number of anilines is 1. The third kappa shape index (κ3) is 5.23.